The summed E-state index contributed by atoms with van der Waals surface area (Å²) in [6.07, 6.45) is 2.38. The van der Waals surface area contributed by atoms with Crippen molar-refractivity contribution in [3.8, 4) is 0 Å². The van der Waals surface area contributed by atoms with E-state index in [1.807, 2.05) is 0 Å². The third kappa shape index (κ3) is 3.99. The minimum absolute atomic E-state index is 0.277. The van der Waals surface area contributed by atoms with Crippen LogP contribution in [0.15, 0.2) is 0 Å². The van der Waals surface area contributed by atoms with Crippen LogP contribution in [0.25, 0.3) is 0 Å². The molecule has 4 heterocycles. The molecule has 5 nitrogen and oxygen atoms in total. The Labute approximate surface area is 172 Å². The Kier molecular flexibility index (Phi) is 5.12. The van der Waals surface area contributed by atoms with Crippen molar-refractivity contribution >= 4 is 5.91 Å². The molecule has 0 bridgehead atoms. The fourth-order valence-electron chi connectivity index (χ4n) is 5.84. The van der Waals surface area contributed by atoms with Crippen LogP contribution in [0, 0.1) is 17.3 Å². The molecular formula is C23H42N4O. The summed E-state index contributed by atoms with van der Waals surface area (Å²) in [7, 11) is 0. The van der Waals surface area contributed by atoms with Crippen LogP contribution in [0.3, 0.4) is 0 Å². The summed E-state index contributed by atoms with van der Waals surface area (Å²) in [5.74, 6) is 1.89. The number of carbonyl (C=O) groups is 1. The van der Waals surface area contributed by atoms with E-state index in [9.17, 15) is 4.79 Å². The van der Waals surface area contributed by atoms with E-state index >= 15 is 0 Å². The molecule has 2 atom stereocenters. The van der Waals surface area contributed by atoms with Crippen LogP contribution >= 0.6 is 0 Å². The van der Waals surface area contributed by atoms with Gasteiger partial charge in [0.05, 0.1) is 6.54 Å². The number of carbonyl (C=O) groups excluding carboxylic acids is 1. The van der Waals surface area contributed by atoms with Crippen LogP contribution in [0.2, 0.25) is 0 Å². The van der Waals surface area contributed by atoms with Crippen molar-refractivity contribution in [2.75, 3.05) is 58.9 Å². The smallest absolute Gasteiger partial charge is 0.236 e. The number of likely N-dealkylation sites (tertiary alicyclic amines) is 4. The fraction of sp³-hybridized carbons (Fsp3) is 0.957. The molecule has 4 aliphatic heterocycles. The van der Waals surface area contributed by atoms with E-state index in [1.54, 1.807) is 0 Å². The lowest BCUT2D eigenvalue weighted by Crippen LogP contribution is -2.65. The third-order valence-electron chi connectivity index (χ3n) is 8.05. The quantitative estimate of drug-likeness (QED) is 0.724. The van der Waals surface area contributed by atoms with E-state index in [1.165, 1.54) is 39.0 Å². The lowest BCUT2D eigenvalue weighted by atomic mass is 9.70. The van der Waals surface area contributed by atoms with Crippen molar-refractivity contribution in [1.82, 2.24) is 19.6 Å². The topological polar surface area (TPSA) is 30.0 Å². The summed E-state index contributed by atoms with van der Waals surface area (Å²) in [5.41, 5.74) is 1.05. The normalized spacial score (nSPS) is 32.0. The zero-order chi connectivity index (χ0) is 20.3. The second-order valence-electron chi connectivity index (χ2n) is 12.2. The number of amides is 1. The number of hydrogen-bond donors (Lipinski definition) is 0. The molecule has 2 unspecified atom stereocenters. The molecule has 4 aliphatic rings. The first-order chi connectivity index (χ1) is 13.0. The molecule has 1 amide bonds. The van der Waals surface area contributed by atoms with Gasteiger partial charge in [0.25, 0.3) is 0 Å². The van der Waals surface area contributed by atoms with Gasteiger partial charge < -0.3 is 4.90 Å². The largest absolute Gasteiger partial charge is 0.342 e. The van der Waals surface area contributed by atoms with E-state index < -0.39 is 0 Å². The molecule has 1 spiro atoms. The number of nitrogens with zero attached hydrogens (tertiary/aromatic N) is 4. The Morgan fingerprint density at radius 1 is 0.821 bits per heavy atom. The molecule has 160 valence electrons. The Hall–Kier alpha value is -0.650. The molecular weight excluding hydrogens is 348 g/mol. The van der Waals surface area contributed by atoms with Crippen molar-refractivity contribution in [2.45, 2.75) is 65.5 Å². The zero-order valence-corrected chi connectivity index (χ0v) is 19.1. The van der Waals surface area contributed by atoms with Crippen molar-refractivity contribution in [2.24, 2.45) is 17.3 Å². The summed E-state index contributed by atoms with van der Waals surface area (Å²) in [6.45, 7) is 23.5. The molecule has 4 saturated heterocycles. The minimum atomic E-state index is 0.277. The lowest BCUT2D eigenvalue weighted by molar-refractivity contribution is -0.140. The van der Waals surface area contributed by atoms with Crippen molar-refractivity contribution in [3.05, 3.63) is 0 Å². The summed E-state index contributed by atoms with van der Waals surface area (Å²) < 4.78 is 0. The highest BCUT2D eigenvalue weighted by molar-refractivity contribution is 5.78. The summed E-state index contributed by atoms with van der Waals surface area (Å²) in [6, 6.07) is 0. The Balaban J connectivity index is 1.21. The molecule has 5 heteroatoms. The first-order valence-electron chi connectivity index (χ1n) is 11.5. The van der Waals surface area contributed by atoms with Gasteiger partial charge in [0.2, 0.25) is 5.91 Å². The highest BCUT2D eigenvalue weighted by Crippen LogP contribution is 2.43. The Morgan fingerprint density at radius 2 is 1.32 bits per heavy atom. The van der Waals surface area contributed by atoms with Gasteiger partial charge in [-0.2, -0.15) is 0 Å². The maximum atomic E-state index is 12.9. The first kappa shape index (κ1) is 20.6. The molecule has 0 aromatic rings. The average molecular weight is 391 g/mol. The highest BCUT2D eigenvalue weighted by atomic mass is 16.2. The first-order valence-corrected chi connectivity index (χ1v) is 11.5. The Bertz CT molecular complexity index is 575. The number of piperidine rings is 1. The van der Waals surface area contributed by atoms with Crippen LogP contribution < -0.4 is 0 Å². The van der Waals surface area contributed by atoms with Gasteiger partial charge in [-0.3, -0.25) is 19.5 Å². The maximum Gasteiger partial charge on any atom is 0.236 e. The standard InChI is InChI=1S/C23H42N4O/c1-21(2,3)26-13-18-11-24(12-19(18)14-26)15-20(28)25-9-7-23(8-10-25)16-27(17-23)22(4,5)6/h18-19H,7-17H2,1-6H3. The summed E-state index contributed by atoms with van der Waals surface area (Å²) in [4.78, 5) is 22.7. The van der Waals surface area contributed by atoms with Gasteiger partial charge in [0, 0.05) is 63.4 Å². The molecule has 28 heavy (non-hydrogen) atoms. The number of rotatable bonds is 2. The van der Waals surface area contributed by atoms with E-state index in [0.29, 0.717) is 17.9 Å². The molecule has 4 fully saturated rings. The number of fused-ring (bicyclic) bond motifs is 1. The second-order valence-corrected chi connectivity index (χ2v) is 12.2. The Morgan fingerprint density at radius 3 is 1.79 bits per heavy atom. The van der Waals surface area contributed by atoms with Crippen molar-refractivity contribution in [3.63, 3.8) is 0 Å². The third-order valence-corrected chi connectivity index (χ3v) is 8.05. The molecule has 0 N–H and O–H groups in total. The van der Waals surface area contributed by atoms with Crippen molar-refractivity contribution in [1.29, 1.82) is 0 Å². The highest BCUT2D eigenvalue weighted by Gasteiger charge is 2.48. The summed E-state index contributed by atoms with van der Waals surface area (Å²) in [5, 5.41) is 0. The molecule has 0 aromatic heterocycles. The fourth-order valence-corrected chi connectivity index (χ4v) is 5.84. The average Bonchev–Trinajstić information content (AvgIpc) is 3.09. The van der Waals surface area contributed by atoms with Gasteiger partial charge in [-0.1, -0.05) is 0 Å². The molecule has 4 rings (SSSR count). The van der Waals surface area contributed by atoms with Crippen LogP contribution in [0.1, 0.15) is 54.4 Å². The molecule has 0 radical (unpaired) electrons. The number of hydrogen-bond acceptors (Lipinski definition) is 4. The van der Waals surface area contributed by atoms with E-state index in [0.717, 1.165) is 38.0 Å². The zero-order valence-electron chi connectivity index (χ0n) is 19.1. The lowest BCUT2D eigenvalue weighted by Gasteiger charge is -2.58. The predicted octanol–water partition coefficient (Wildman–Crippen LogP) is 2.37. The van der Waals surface area contributed by atoms with Gasteiger partial charge in [0.1, 0.15) is 0 Å². The molecule has 0 aliphatic carbocycles. The van der Waals surface area contributed by atoms with Gasteiger partial charge in [0.15, 0.2) is 0 Å². The predicted molar refractivity (Wildman–Crippen MR) is 114 cm³/mol. The molecule has 0 aromatic carbocycles. The van der Waals surface area contributed by atoms with Gasteiger partial charge >= 0.3 is 0 Å². The van der Waals surface area contributed by atoms with Crippen LogP contribution in [0.5, 0.6) is 0 Å². The van der Waals surface area contributed by atoms with Crippen LogP contribution in [-0.2, 0) is 4.79 Å². The van der Waals surface area contributed by atoms with Gasteiger partial charge in [-0.25, -0.2) is 0 Å². The van der Waals surface area contributed by atoms with Gasteiger partial charge in [-0.05, 0) is 71.6 Å². The van der Waals surface area contributed by atoms with E-state index in [4.69, 9.17) is 0 Å². The SMILES string of the molecule is CC(C)(C)N1CC2CN(CC(=O)N3CCC4(CC3)CN(C(C)(C)C)C4)CC2C1. The van der Waals surface area contributed by atoms with Gasteiger partial charge in [-0.15, -0.1) is 0 Å². The van der Waals surface area contributed by atoms with Crippen molar-refractivity contribution < 1.29 is 4.79 Å². The van der Waals surface area contributed by atoms with E-state index in [2.05, 4.69) is 61.1 Å². The van der Waals surface area contributed by atoms with Crippen LogP contribution in [0.4, 0.5) is 0 Å². The minimum Gasteiger partial charge on any atom is -0.342 e. The monoisotopic (exact) mass is 390 g/mol. The van der Waals surface area contributed by atoms with E-state index in [-0.39, 0.29) is 11.1 Å². The maximum absolute atomic E-state index is 12.9. The summed E-state index contributed by atoms with van der Waals surface area (Å²) >= 11 is 0. The molecule has 0 saturated carbocycles. The second kappa shape index (κ2) is 6.95. The van der Waals surface area contributed by atoms with Crippen LogP contribution in [-0.4, -0.2) is 95.5 Å².